The first-order valence-corrected chi connectivity index (χ1v) is 6.19. The molecule has 8 heteroatoms. The van der Waals surface area contributed by atoms with Crippen molar-refractivity contribution in [2.75, 3.05) is 6.67 Å². The summed E-state index contributed by atoms with van der Waals surface area (Å²) in [5.41, 5.74) is 0.379. The molecule has 106 valence electrons. The zero-order valence-electron chi connectivity index (χ0n) is 9.86. The van der Waals surface area contributed by atoms with Gasteiger partial charge in [-0.1, -0.05) is 12.1 Å². The average Bonchev–Trinajstić information content (AvgIpc) is 2.68. The van der Waals surface area contributed by atoms with Gasteiger partial charge in [0.2, 0.25) is 0 Å². The number of benzene rings is 1. The van der Waals surface area contributed by atoms with E-state index in [-0.39, 0.29) is 10.7 Å². The maximum atomic E-state index is 12.8. The van der Waals surface area contributed by atoms with Crippen LogP contribution in [0.5, 0.6) is 5.75 Å². The normalized spacial score (nSPS) is 17.4. The average molecular weight is 303 g/mol. The second kappa shape index (κ2) is 5.58. The lowest BCUT2D eigenvalue weighted by atomic mass is 10.2. The first-order chi connectivity index (χ1) is 9.39. The largest absolute Gasteiger partial charge is 0.431 e. The molecule has 0 aliphatic carbocycles. The second-order valence-electron chi connectivity index (χ2n) is 3.80. The molecule has 0 bridgehead atoms. The van der Waals surface area contributed by atoms with Gasteiger partial charge >= 0.3 is 6.11 Å². The lowest BCUT2D eigenvalue weighted by molar-refractivity contribution is -0.186. The topological polar surface area (TPSA) is 55.4 Å². The number of hydrogen-bond donors (Lipinski definition) is 1. The van der Waals surface area contributed by atoms with Crippen LogP contribution in [0.3, 0.4) is 0 Å². The van der Waals surface area contributed by atoms with Gasteiger partial charge < -0.3 is 4.74 Å². The highest BCUT2D eigenvalue weighted by Gasteiger charge is 2.31. The van der Waals surface area contributed by atoms with Crippen molar-refractivity contribution in [3.8, 4) is 5.75 Å². The van der Waals surface area contributed by atoms with E-state index in [4.69, 9.17) is 0 Å². The number of carbonyl (C=O) groups excluding carboxylic acids is 2. The van der Waals surface area contributed by atoms with Gasteiger partial charge in [0.1, 0.15) is 5.75 Å². The predicted octanol–water partition coefficient (Wildman–Crippen LogP) is 2.95. The van der Waals surface area contributed by atoms with Gasteiger partial charge in [-0.05, 0) is 35.5 Å². The van der Waals surface area contributed by atoms with Gasteiger partial charge in [0, 0.05) is 0 Å². The molecule has 2 rings (SSSR count). The smallest absolute Gasteiger partial charge is 0.427 e. The lowest BCUT2D eigenvalue weighted by Crippen LogP contribution is -2.26. The molecule has 1 aromatic rings. The Balaban J connectivity index is 2.20. The van der Waals surface area contributed by atoms with Crippen molar-refractivity contribution in [3.63, 3.8) is 0 Å². The molecule has 2 amide bonds. The van der Waals surface area contributed by atoms with Crippen LogP contribution in [0.2, 0.25) is 0 Å². The molecular weight excluding hydrogens is 295 g/mol. The van der Waals surface area contributed by atoms with Crippen LogP contribution < -0.4 is 10.1 Å². The summed E-state index contributed by atoms with van der Waals surface area (Å²) in [6.45, 7) is -1.94. The predicted molar refractivity (Wildman–Crippen MR) is 67.1 cm³/mol. The Hall–Kier alpha value is -1.96. The number of hydrogen-bond acceptors (Lipinski definition) is 4. The fourth-order valence-corrected chi connectivity index (χ4v) is 2.12. The number of amides is 2. The highest BCUT2D eigenvalue weighted by Crippen LogP contribution is 2.28. The van der Waals surface area contributed by atoms with Gasteiger partial charge in [0.25, 0.3) is 11.1 Å². The van der Waals surface area contributed by atoms with E-state index >= 15 is 0 Å². The molecule has 0 unspecified atom stereocenters. The Morgan fingerprint density at radius 1 is 1.35 bits per heavy atom. The molecule has 4 nitrogen and oxygen atoms in total. The van der Waals surface area contributed by atoms with Crippen LogP contribution in [0, 0.1) is 0 Å². The number of halogens is 3. The second-order valence-corrected chi connectivity index (χ2v) is 4.81. The first-order valence-electron chi connectivity index (χ1n) is 5.37. The highest BCUT2D eigenvalue weighted by molar-refractivity contribution is 8.18. The Morgan fingerprint density at radius 3 is 2.70 bits per heavy atom. The third-order valence-corrected chi connectivity index (χ3v) is 3.03. The maximum absolute atomic E-state index is 12.8. The first kappa shape index (κ1) is 14.4. The Kier molecular flexibility index (Phi) is 4.03. The van der Waals surface area contributed by atoms with Crippen LogP contribution in [-0.2, 0) is 4.79 Å². The lowest BCUT2D eigenvalue weighted by Gasteiger charge is -2.14. The zero-order chi connectivity index (χ0) is 14.8. The minimum atomic E-state index is -3.90. The monoisotopic (exact) mass is 303 g/mol. The summed E-state index contributed by atoms with van der Waals surface area (Å²) in [6.07, 6.45) is -2.55. The number of thioether (sulfide) groups is 1. The van der Waals surface area contributed by atoms with Crippen molar-refractivity contribution in [1.29, 1.82) is 0 Å². The van der Waals surface area contributed by atoms with Crippen molar-refractivity contribution in [2.45, 2.75) is 6.11 Å². The van der Waals surface area contributed by atoms with Gasteiger partial charge in [-0.25, -0.2) is 4.39 Å². The SMILES string of the molecule is O=C1NC(=O)/C(=C\c2cccc(OC(F)(F)CF)c2)S1. The van der Waals surface area contributed by atoms with Crippen molar-refractivity contribution >= 4 is 29.0 Å². The standard InChI is InChI=1S/C12H8F3NO3S/c13-6-12(14,15)19-8-3-1-2-7(4-8)5-9-10(17)16-11(18)20-9/h1-5H,6H2,(H,16,17,18)/b9-5+. The number of rotatable bonds is 4. The van der Waals surface area contributed by atoms with Crippen molar-refractivity contribution in [2.24, 2.45) is 0 Å². The third-order valence-electron chi connectivity index (χ3n) is 2.22. The summed E-state index contributed by atoms with van der Waals surface area (Å²) < 4.78 is 41.7. The molecule has 1 heterocycles. The van der Waals surface area contributed by atoms with Crippen LogP contribution in [0.15, 0.2) is 29.2 Å². The van der Waals surface area contributed by atoms with Gasteiger partial charge in [0.15, 0.2) is 6.67 Å². The van der Waals surface area contributed by atoms with Crippen molar-refractivity contribution < 1.29 is 27.5 Å². The molecule has 1 aliphatic rings. The summed E-state index contributed by atoms with van der Waals surface area (Å²) in [6, 6.07) is 5.39. The van der Waals surface area contributed by atoms with Gasteiger partial charge in [-0.15, -0.1) is 0 Å². The molecule has 0 spiro atoms. The van der Waals surface area contributed by atoms with E-state index in [9.17, 15) is 22.8 Å². The number of alkyl halides is 3. The fraction of sp³-hybridized carbons (Fsp3) is 0.167. The van der Waals surface area contributed by atoms with Gasteiger partial charge in [-0.2, -0.15) is 8.78 Å². The molecular formula is C12H8F3NO3S. The maximum Gasteiger partial charge on any atom is 0.427 e. The number of ether oxygens (including phenoxy) is 1. The number of nitrogens with one attached hydrogen (secondary N) is 1. The van der Waals surface area contributed by atoms with Crippen LogP contribution in [-0.4, -0.2) is 23.9 Å². The molecule has 1 fully saturated rings. The molecule has 0 aromatic heterocycles. The van der Waals surface area contributed by atoms with E-state index in [1.54, 1.807) is 0 Å². The van der Waals surface area contributed by atoms with E-state index in [2.05, 4.69) is 10.1 Å². The third kappa shape index (κ3) is 3.53. The van der Waals surface area contributed by atoms with E-state index < -0.39 is 23.9 Å². The van der Waals surface area contributed by atoms with Crippen molar-refractivity contribution in [1.82, 2.24) is 5.32 Å². The Labute approximate surface area is 116 Å². The minimum Gasteiger partial charge on any atom is -0.431 e. The highest BCUT2D eigenvalue weighted by atomic mass is 32.2. The van der Waals surface area contributed by atoms with Crippen LogP contribution in [0.4, 0.5) is 18.0 Å². The van der Waals surface area contributed by atoms with Gasteiger partial charge in [-0.3, -0.25) is 14.9 Å². The summed E-state index contributed by atoms with van der Waals surface area (Å²) in [4.78, 5) is 22.4. The number of carbonyl (C=O) groups is 2. The Bertz CT molecular complexity index is 589. The number of imide groups is 1. The van der Waals surface area contributed by atoms with E-state index in [0.717, 1.165) is 0 Å². The van der Waals surface area contributed by atoms with Crippen LogP contribution >= 0.6 is 11.8 Å². The van der Waals surface area contributed by atoms with Gasteiger partial charge in [0.05, 0.1) is 4.91 Å². The summed E-state index contributed by atoms with van der Waals surface area (Å²) >= 11 is 0.705. The summed E-state index contributed by atoms with van der Waals surface area (Å²) in [5.74, 6) is -0.794. The molecule has 20 heavy (non-hydrogen) atoms. The minimum absolute atomic E-state index is 0.143. The molecule has 1 saturated heterocycles. The molecule has 0 atom stereocenters. The van der Waals surface area contributed by atoms with Crippen LogP contribution in [0.25, 0.3) is 6.08 Å². The molecule has 1 aromatic carbocycles. The van der Waals surface area contributed by atoms with E-state index in [0.29, 0.717) is 17.3 Å². The van der Waals surface area contributed by atoms with E-state index in [1.807, 2.05) is 0 Å². The summed E-state index contributed by atoms with van der Waals surface area (Å²) in [7, 11) is 0. The summed E-state index contributed by atoms with van der Waals surface area (Å²) in [5, 5.41) is 1.56. The Morgan fingerprint density at radius 2 is 2.10 bits per heavy atom. The molecule has 1 N–H and O–H groups in total. The van der Waals surface area contributed by atoms with E-state index in [1.165, 1.54) is 30.3 Å². The molecule has 1 aliphatic heterocycles. The molecule has 0 radical (unpaired) electrons. The fourth-order valence-electron chi connectivity index (χ4n) is 1.44. The quantitative estimate of drug-likeness (QED) is 0.869. The van der Waals surface area contributed by atoms with Crippen LogP contribution in [0.1, 0.15) is 5.56 Å². The van der Waals surface area contributed by atoms with Crippen molar-refractivity contribution in [3.05, 3.63) is 34.7 Å². The zero-order valence-corrected chi connectivity index (χ0v) is 10.7. The molecule has 0 saturated carbocycles.